The third-order valence-electron chi connectivity index (χ3n) is 5.00. The van der Waals surface area contributed by atoms with Gasteiger partial charge >= 0.3 is 18.2 Å². The van der Waals surface area contributed by atoms with E-state index >= 15 is 0 Å². The molecule has 4 rings (SSSR count). The maximum Gasteiger partial charge on any atom is 0.490 e. The Bertz CT molecular complexity index is 907. The third kappa shape index (κ3) is 4.88. The number of nitrogens with one attached hydrogen (secondary N) is 2. The van der Waals surface area contributed by atoms with E-state index in [1.807, 2.05) is 41.3 Å². The van der Waals surface area contributed by atoms with Gasteiger partial charge in [-0.1, -0.05) is 12.1 Å². The SMILES string of the molecule is Cc1ccc(NC(=O)N2C3CNCC2C3)cc1-c1ccccn1.O=C(O)C(F)(F)F. The van der Waals surface area contributed by atoms with Crippen LogP contribution in [0.4, 0.5) is 23.7 Å². The number of hydrogen-bond donors (Lipinski definition) is 3. The molecular weight excluding hydrogens is 401 g/mol. The van der Waals surface area contributed by atoms with E-state index in [-0.39, 0.29) is 6.03 Å². The van der Waals surface area contributed by atoms with Crippen molar-refractivity contribution in [2.24, 2.45) is 0 Å². The van der Waals surface area contributed by atoms with Crippen molar-refractivity contribution in [3.63, 3.8) is 0 Å². The van der Waals surface area contributed by atoms with Gasteiger partial charge in [0, 0.05) is 42.6 Å². The lowest BCUT2D eigenvalue weighted by atomic mass is 9.89. The summed E-state index contributed by atoms with van der Waals surface area (Å²) in [6.07, 6.45) is -2.18. The van der Waals surface area contributed by atoms with Crippen LogP contribution in [0, 0.1) is 6.92 Å². The van der Waals surface area contributed by atoms with Gasteiger partial charge in [0.05, 0.1) is 5.69 Å². The monoisotopic (exact) mass is 422 g/mol. The number of carbonyl (C=O) groups excluding carboxylic acids is 1. The van der Waals surface area contributed by atoms with Crippen molar-refractivity contribution in [3.05, 3.63) is 48.2 Å². The second-order valence-corrected chi connectivity index (χ2v) is 7.09. The molecule has 1 aromatic heterocycles. The predicted octanol–water partition coefficient (Wildman–Crippen LogP) is 3.27. The second kappa shape index (κ2) is 8.70. The number of carboxylic acid groups (broad SMARTS) is 1. The average molecular weight is 422 g/mol. The number of benzene rings is 1. The van der Waals surface area contributed by atoms with Gasteiger partial charge in [-0.2, -0.15) is 13.2 Å². The molecule has 0 spiro atoms. The van der Waals surface area contributed by atoms with Crippen molar-refractivity contribution < 1.29 is 27.9 Å². The number of carboxylic acids is 1. The van der Waals surface area contributed by atoms with Gasteiger partial charge in [0.25, 0.3) is 0 Å². The molecule has 0 radical (unpaired) electrons. The second-order valence-electron chi connectivity index (χ2n) is 7.09. The number of piperidine rings is 1. The van der Waals surface area contributed by atoms with Gasteiger partial charge in [0.15, 0.2) is 0 Å². The molecule has 2 amide bonds. The van der Waals surface area contributed by atoms with Crippen molar-refractivity contribution in [3.8, 4) is 11.3 Å². The Labute approximate surface area is 170 Å². The summed E-state index contributed by atoms with van der Waals surface area (Å²) in [5, 5.41) is 13.5. The Balaban J connectivity index is 0.000000318. The average Bonchev–Trinajstić information content (AvgIpc) is 2.70. The molecule has 1 aromatic carbocycles. The molecule has 2 aliphatic heterocycles. The molecule has 2 fully saturated rings. The van der Waals surface area contributed by atoms with Crippen molar-refractivity contribution in [2.75, 3.05) is 18.4 Å². The highest BCUT2D eigenvalue weighted by Crippen LogP contribution is 2.30. The first-order chi connectivity index (χ1) is 14.2. The molecule has 7 nitrogen and oxygen atoms in total. The van der Waals surface area contributed by atoms with Gasteiger partial charge in [0.2, 0.25) is 0 Å². The van der Waals surface area contributed by atoms with Crippen LogP contribution in [0.25, 0.3) is 11.3 Å². The molecule has 3 N–H and O–H groups in total. The maximum atomic E-state index is 12.5. The van der Waals surface area contributed by atoms with Crippen LogP contribution < -0.4 is 10.6 Å². The third-order valence-corrected chi connectivity index (χ3v) is 5.00. The van der Waals surface area contributed by atoms with E-state index in [1.54, 1.807) is 6.20 Å². The predicted molar refractivity (Wildman–Crippen MR) is 104 cm³/mol. The lowest BCUT2D eigenvalue weighted by Gasteiger charge is -2.52. The molecule has 10 heteroatoms. The largest absolute Gasteiger partial charge is 0.490 e. The number of aryl methyl sites for hydroxylation is 1. The Morgan fingerprint density at radius 2 is 1.87 bits per heavy atom. The summed E-state index contributed by atoms with van der Waals surface area (Å²) < 4.78 is 31.7. The summed E-state index contributed by atoms with van der Waals surface area (Å²) in [5.74, 6) is -2.76. The molecule has 2 bridgehead atoms. The highest BCUT2D eigenvalue weighted by Gasteiger charge is 2.44. The van der Waals surface area contributed by atoms with Crippen molar-refractivity contribution in [2.45, 2.75) is 31.6 Å². The summed E-state index contributed by atoms with van der Waals surface area (Å²) in [5.41, 5.74) is 3.94. The Morgan fingerprint density at radius 3 is 2.40 bits per heavy atom. The van der Waals surface area contributed by atoms with Crippen molar-refractivity contribution in [1.29, 1.82) is 0 Å². The topological polar surface area (TPSA) is 94.6 Å². The van der Waals surface area contributed by atoms with E-state index in [0.717, 1.165) is 42.0 Å². The minimum Gasteiger partial charge on any atom is -0.475 e. The molecule has 2 aliphatic rings. The molecule has 30 heavy (non-hydrogen) atoms. The van der Waals surface area contributed by atoms with Gasteiger partial charge in [-0.25, -0.2) is 9.59 Å². The molecule has 0 aliphatic carbocycles. The first kappa shape index (κ1) is 21.6. The molecule has 160 valence electrons. The van der Waals surface area contributed by atoms with Crippen molar-refractivity contribution >= 4 is 17.7 Å². The van der Waals surface area contributed by atoms with E-state index in [2.05, 4.69) is 22.5 Å². The number of aliphatic carboxylic acids is 1. The number of halogens is 3. The van der Waals surface area contributed by atoms with E-state index in [9.17, 15) is 18.0 Å². The van der Waals surface area contributed by atoms with Gasteiger partial charge < -0.3 is 20.6 Å². The number of piperazine rings is 1. The van der Waals surface area contributed by atoms with Crippen LogP contribution in [0.2, 0.25) is 0 Å². The van der Waals surface area contributed by atoms with Crippen LogP contribution in [0.3, 0.4) is 0 Å². The standard InChI is InChI=1S/C18H20N4O.C2HF3O2/c1-12-5-6-13(8-16(12)17-4-2-3-7-20-17)21-18(23)22-14-9-15(22)11-19-10-14;3-2(4,5)1(6)7/h2-8,14-15,19H,9-11H2,1H3,(H,21,23);(H,6,7). The number of rotatable bonds is 2. The molecule has 2 unspecified atom stereocenters. The first-order valence-electron chi connectivity index (χ1n) is 9.29. The highest BCUT2D eigenvalue weighted by molar-refractivity contribution is 5.91. The van der Waals surface area contributed by atoms with E-state index in [1.165, 1.54) is 0 Å². The molecule has 2 saturated heterocycles. The van der Waals surface area contributed by atoms with E-state index < -0.39 is 12.1 Å². The minimum absolute atomic E-state index is 0.00331. The van der Waals surface area contributed by atoms with Crippen LogP contribution in [-0.2, 0) is 4.79 Å². The van der Waals surface area contributed by atoms with E-state index in [4.69, 9.17) is 9.90 Å². The fourth-order valence-electron chi connectivity index (χ4n) is 3.50. The van der Waals surface area contributed by atoms with Crippen LogP contribution in [0.1, 0.15) is 12.0 Å². The number of anilines is 1. The van der Waals surface area contributed by atoms with Crippen molar-refractivity contribution in [1.82, 2.24) is 15.2 Å². The van der Waals surface area contributed by atoms with Gasteiger partial charge in [0.1, 0.15) is 0 Å². The first-order valence-corrected chi connectivity index (χ1v) is 9.29. The Morgan fingerprint density at radius 1 is 1.20 bits per heavy atom. The molecular formula is C20H21F3N4O3. The number of aromatic nitrogens is 1. The normalized spacial score (nSPS) is 19.8. The van der Waals surface area contributed by atoms with Gasteiger partial charge in [-0.05, 0) is 43.2 Å². The fourth-order valence-corrected chi connectivity index (χ4v) is 3.50. The number of nitrogens with zero attached hydrogens (tertiary/aromatic N) is 2. The lowest BCUT2D eigenvalue weighted by molar-refractivity contribution is -0.192. The van der Waals surface area contributed by atoms with Crippen LogP contribution in [-0.4, -0.2) is 58.3 Å². The molecule has 3 heterocycles. The van der Waals surface area contributed by atoms with Crippen LogP contribution >= 0.6 is 0 Å². The molecule has 2 atom stereocenters. The lowest BCUT2D eigenvalue weighted by Crippen LogP contribution is -2.70. The smallest absolute Gasteiger partial charge is 0.475 e. The fraction of sp³-hybridized carbons (Fsp3) is 0.350. The van der Waals surface area contributed by atoms with Gasteiger partial charge in [-0.15, -0.1) is 0 Å². The molecule has 2 aromatic rings. The Kier molecular flexibility index (Phi) is 6.25. The number of pyridine rings is 1. The summed E-state index contributed by atoms with van der Waals surface area (Å²) >= 11 is 0. The summed E-state index contributed by atoms with van der Waals surface area (Å²) in [6, 6.07) is 12.5. The quantitative estimate of drug-likeness (QED) is 0.691. The van der Waals surface area contributed by atoms with E-state index in [0.29, 0.717) is 12.1 Å². The zero-order chi connectivity index (χ0) is 21.9. The van der Waals surface area contributed by atoms with Gasteiger partial charge in [-0.3, -0.25) is 4.98 Å². The number of amides is 2. The minimum atomic E-state index is -5.08. The summed E-state index contributed by atoms with van der Waals surface area (Å²) in [7, 11) is 0. The number of fused-ring (bicyclic) bond motifs is 2. The zero-order valence-corrected chi connectivity index (χ0v) is 16.1. The summed E-state index contributed by atoms with van der Waals surface area (Å²) in [6.45, 7) is 3.86. The summed E-state index contributed by atoms with van der Waals surface area (Å²) in [4.78, 5) is 27.8. The van der Waals surface area contributed by atoms with Crippen LogP contribution in [0.15, 0.2) is 42.6 Å². The zero-order valence-electron chi connectivity index (χ0n) is 16.1. The number of hydrogen-bond acceptors (Lipinski definition) is 4. The Hall–Kier alpha value is -3.14. The molecule has 0 saturated carbocycles. The number of alkyl halides is 3. The number of urea groups is 1. The maximum absolute atomic E-state index is 12.5. The highest BCUT2D eigenvalue weighted by atomic mass is 19.4. The number of carbonyl (C=O) groups is 2. The van der Waals surface area contributed by atoms with Crippen LogP contribution in [0.5, 0.6) is 0 Å².